The van der Waals surface area contributed by atoms with Crippen molar-refractivity contribution < 1.29 is 33.3 Å². The van der Waals surface area contributed by atoms with Gasteiger partial charge in [0.2, 0.25) is 10.2 Å². The van der Waals surface area contributed by atoms with Crippen LogP contribution < -0.4 is 9.47 Å². The number of hydrogen-bond acceptors (Lipinski definition) is 9. The number of rotatable bonds is 16. The minimum absolute atomic E-state index is 0.0485. The van der Waals surface area contributed by atoms with Crippen molar-refractivity contribution in [3.8, 4) is 11.5 Å². The molecule has 0 saturated heterocycles. The Labute approximate surface area is 232 Å². The van der Waals surface area contributed by atoms with Gasteiger partial charge < -0.3 is 18.9 Å². The molecule has 2 aromatic carbocycles. The van der Waals surface area contributed by atoms with Gasteiger partial charge in [0.25, 0.3) is 0 Å². The van der Waals surface area contributed by atoms with Gasteiger partial charge in [-0.3, -0.25) is 14.4 Å². The quantitative estimate of drug-likeness (QED) is 0.105. The highest BCUT2D eigenvalue weighted by Gasteiger charge is 2.12. The summed E-state index contributed by atoms with van der Waals surface area (Å²) in [6, 6.07) is 13.6. The standard InChI is InChI=1S/C29H34O7S2/c1-19(2)28(31)37-17-15-33-21(5)35-25-11-7-23(8-12-25)27(30)24-9-13-26(14-10-24)36-22(6)34-16-18-38-29(32)20(3)4/h7-14,21-22H,1,3,15-18H2,2,4-6H3. The summed E-state index contributed by atoms with van der Waals surface area (Å²) in [4.78, 5) is 35.9. The van der Waals surface area contributed by atoms with E-state index in [2.05, 4.69) is 13.2 Å². The first-order valence-corrected chi connectivity index (χ1v) is 14.0. The zero-order valence-corrected chi connectivity index (χ0v) is 23.8. The van der Waals surface area contributed by atoms with Gasteiger partial charge in [0.15, 0.2) is 18.4 Å². The van der Waals surface area contributed by atoms with Crippen molar-refractivity contribution in [2.24, 2.45) is 0 Å². The molecule has 0 spiro atoms. The normalized spacial score (nSPS) is 12.3. The Bertz CT molecular complexity index is 1020. The van der Waals surface area contributed by atoms with Gasteiger partial charge in [0.1, 0.15) is 11.5 Å². The van der Waals surface area contributed by atoms with Gasteiger partial charge in [-0.25, -0.2) is 0 Å². The van der Waals surface area contributed by atoms with E-state index in [1.54, 1.807) is 76.2 Å². The molecule has 0 amide bonds. The second-order valence-electron chi connectivity index (χ2n) is 8.32. The molecule has 0 N–H and O–H groups in total. The maximum Gasteiger partial charge on any atom is 0.214 e. The van der Waals surface area contributed by atoms with E-state index in [0.29, 0.717) is 58.5 Å². The molecule has 204 valence electrons. The highest BCUT2D eigenvalue weighted by molar-refractivity contribution is 8.14. The van der Waals surface area contributed by atoms with Crippen molar-refractivity contribution in [2.75, 3.05) is 24.7 Å². The molecule has 0 fully saturated rings. The molecule has 2 unspecified atom stereocenters. The number of thioether (sulfide) groups is 2. The molecule has 2 atom stereocenters. The largest absolute Gasteiger partial charge is 0.465 e. The van der Waals surface area contributed by atoms with Gasteiger partial charge in [-0.2, -0.15) is 0 Å². The third kappa shape index (κ3) is 11.3. The fraction of sp³-hybridized carbons (Fsp3) is 0.345. The molecule has 0 saturated carbocycles. The fourth-order valence-electron chi connectivity index (χ4n) is 2.93. The van der Waals surface area contributed by atoms with Crippen LogP contribution in [0.15, 0.2) is 72.8 Å². The topological polar surface area (TPSA) is 88.1 Å². The van der Waals surface area contributed by atoms with Gasteiger partial charge >= 0.3 is 0 Å². The van der Waals surface area contributed by atoms with E-state index in [4.69, 9.17) is 18.9 Å². The van der Waals surface area contributed by atoms with Crippen LogP contribution >= 0.6 is 23.5 Å². The lowest BCUT2D eigenvalue weighted by molar-refractivity contribution is -0.108. The molecule has 2 aromatic rings. The molecule has 0 aliphatic carbocycles. The van der Waals surface area contributed by atoms with Crippen LogP contribution in [0.1, 0.15) is 43.6 Å². The van der Waals surface area contributed by atoms with E-state index in [9.17, 15) is 14.4 Å². The third-order valence-electron chi connectivity index (χ3n) is 4.87. The van der Waals surface area contributed by atoms with E-state index < -0.39 is 12.6 Å². The van der Waals surface area contributed by atoms with Crippen LogP contribution in [0.25, 0.3) is 0 Å². The second kappa shape index (κ2) is 16.2. The lowest BCUT2D eigenvalue weighted by Crippen LogP contribution is -2.18. The van der Waals surface area contributed by atoms with Gasteiger partial charge in [-0.15, -0.1) is 0 Å². The molecular formula is C29H34O7S2. The minimum atomic E-state index is -0.506. The van der Waals surface area contributed by atoms with Crippen molar-refractivity contribution in [1.82, 2.24) is 0 Å². The van der Waals surface area contributed by atoms with Crippen LogP contribution in [0.4, 0.5) is 0 Å². The first-order valence-electron chi connectivity index (χ1n) is 12.0. The number of carbonyl (C=O) groups excluding carboxylic acids is 3. The Balaban J connectivity index is 1.78. The van der Waals surface area contributed by atoms with Crippen LogP contribution in [0, 0.1) is 0 Å². The first-order chi connectivity index (χ1) is 18.1. The molecule has 0 aliphatic rings. The zero-order chi connectivity index (χ0) is 28.1. The molecule has 0 aromatic heterocycles. The fourth-order valence-corrected chi connectivity index (χ4v) is 4.15. The number of carbonyl (C=O) groups is 3. The summed E-state index contributed by atoms with van der Waals surface area (Å²) in [5.74, 6) is 2.04. The van der Waals surface area contributed by atoms with Gasteiger partial charge in [0.05, 0.1) is 13.2 Å². The predicted octanol–water partition coefficient (Wildman–Crippen LogP) is 6.07. The lowest BCUT2D eigenvalue weighted by Gasteiger charge is -2.16. The number of ketones is 1. The van der Waals surface area contributed by atoms with E-state index in [1.807, 2.05) is 0 Å². The van der Waals surface area contributed by atoms with Crippen LogP contribution in [0.5, 0.6) is 11.5 Å². The average Bonchev–Trinajstić information content (AvgIpc) is 2.89. The average molecular weight is 559 g/mol. The molecule has 0 heterocycles. The Morgan fingerprint density at radius 3 is 1.34 bits per heavy atom. The number of ether oxygens (including phenoxy) is 4. The summed E-state index contributed by atoms with van der Waals surface area (Å²) in [6.07, 6.45) is -1.01. The van der Waals surface area contributed by atoms with E-state index in [1.165, 1.54) is 0 Å². The molecule has 38 heavy (non-hydrogen) atoms. The molecule has 0 radical (unpaired) electrons. The van der Waals surface area contributed by atoms with Crippen LogP contribution in [0.3, 0.4) is 0 Å². The highest BCUT2D eigenvalue weighted by Crippen LogP contribution is 2.20. The Hall–Kier alpha value is -2.85. The number of hydrogen-bond donors (Lipinski definition) is 0. The Morgan fingerprint density at radius 1 is 0.684 bits per heavy atom. The zero-order valence-electron chi connectivity index (χ0n) is 22.2. The van der Waals surface area contributed by atoms with E-state index in [0.717, 1.165) is 23.5 Å². The predicted molar refractivity (Wildman–Crippen MR) is 153 cm³/mol. The summed E-state index contributed by atoms with van der Waals surface area (Å²) in [7, 11) is 0. The molecule has 9 heteroatoms. The van der Waals surface area contributed by atoms with Crippen molar-refractivity contribution in [3.63, 3.8) is 0 Å². The van der Waals surface area contributed by atoms with Gasteiger partial charge in [0, 0.05) is 22.6 Å². The molecular weight excluding hydrogens is 524 g/mol. The Morgan fingerprint density at radius 2 is 1.03 bits per heavy atom. The van der Waals surface area contributed by atoms with Crippen molar-refractivity contribution in [2.45, 2.75) is 40.3 Å². The molecule has 2 rings (SSSR count). The van der Waals surface area contributed by atoms with Crippen LogP contribution in [-0.2, 0) is 19.1 Å². The van der Waals surface area contributed by atoms with Crippen LogP contribution in [0.2, 0.25) is 0 Å². The highest BCUT2D eigenvalue weighted by atomic mass is 32.2. The van der Waals surface area contributed by atoms with Gasteiger partial charge in [-0.1, -0.05) is 36.7 Å². The monoisotopic (exact) mass is 558 g/mol. The minimum Gasteiger partial charge on any atom is -0.465 e. The van der Waals surface area contributed by atoms with Crippen molar-refractivity contribution >= 4 is 39.5 Å². The SMILES string of the molecule is C=C(C)C(=O)SCCOC(C)Oc1ccc(C(=O)c2ccc(OC(C)OCCSC(=O)C(=C)C)cc2)cc1. The third-order valence-corrected chi connectivity index (χ3v) is 6.84. The van der Waals surface area contributed by atoms with Gasteiger partial charge in [-0.05, 0) is 87.4 Å². The van der Waals surface area contributed by atoms with E-state index >= 15 is 0 Å². The smallest absolute Gasteiger partial charge is 0.214 e. The van der Waals surface area contributed by atoms with Crippen LogP contribution in [-0.4, -0.2) is 53.3 Å². The molecule has 0 bridgehead atoms. The summed E-state index contributed by atoms with van der Waals surface area (Å²) < 4.78 is 22.6. The summed E-state index contributed by atoms with van der Waals surface area (Å²) in [6.45, 7) is 14.8. The maximum atomic E-state index is 12.9. The maximum absolute atomic E-state index is 12.9. The summed E-state index contributed by atoms with van der Waals surface area (Å²) >= 11 is 2.32. The van der Waals surface area contributed by atoms with Crippen molar-refractivity contribution in [1.29, 1.82) is 0 Å². The summed E-state index contributed by atoms with van der Waals surface area (Å²) in [5, 5.41) is -0.0970. The Kier molecular flexibility index (Phi) is 13.4. The molecule has 0 aliphatic heterocycles. The van der Waals surface area contributed by atoms with Crippen molar-refractivity contribution in [3.05, 3.63) is 84.0 Å². The summed E-state index contributed by atoms with van der Waals surface area (Å²) in [5.41, 5.74) is 2.07. The number of benzene rings is 2. The second-order valence-corrected chi connectivity index (χ2v) is 10.5. The first kappa shape index (κ1) is 31.4. The molecule has 7 nitrogen and oxygen atoms in total. The van der Waals surface area contributed by atoms with E-state index in [-0.39, 0.29) is 16.0 Å². The lowest BCUT2D eigenvalue weighted by atomic mass is 10.0.